The van der Waals surface area contributed by atoms with Gasteiger partial charge in [0.1, 0.15) is 0 Å². The van der Waals surface area contributed by atoms with E-state index < -0.39 is 0 Å². The number of hydrogen-bond acceptors (Lipinski definition) is 10. The lowest BCUT2D eigenvalue weighted by atomic mass is 10.1. The summed E-state index contributed by atoms with van der Waals surface area (Å²) in [7, 11) is 3.18. The molecule has 0 aliphatic carbocycles. The van der Waals surface area contributed by atoms with Gasteiger partial charge in [0.25, 0.3) is 5.91 Å². The number of ether oxygens (including phenoxy) is 5. The maximum atomic E-state index is 13.7. The molecule has 2 aromatic rings. The number of nitrogens with two attached hydrogens (primary N) is 1. The number of benzene rings is 2. The van der Waals surface area contributed by atoms with Crippen molar-refractivity contribution in [2.45, 2.75) is 56.6 Å². The Hall–Kier alpha value is -3.22. The molecule has 0 saturated carbocycles. The van der Waals surface area contributed by atoms with E-state index in [2.05, 4.69) is 13.8 Å². The van der Waals surface area contributed by atoms with E-state index in [-0.39, 0.29) is 17.9 Å². The fraction of sp³-hybridized carbons (Fsp3) is 0.556. The average molecular weight is 702 g/mol. The minimum atomic E-state index is -0.0418. The Kier molecular flexibility index (Phi) is 15.4. The summed E-state index contributed by atoms with van der Waals surface area (Å²) < 4.78 is 28.9. The molecule has 264 valence electrons. The largest absolute Gasteiger partial charge is 0.493 e. The lowest BCUT2D eigenvalue weighted by Crippen LogP contribution is -2.41. The lowest BCUT2D eigenvalue weighted by Gasteiger charge is -2.31. The van der Waals surface area contributed by atoms with Crippen molar-refractivity contribution >= 4 is 47.1 Å². The topological polar surface area (TPSA) is 113 Å². The molecule has 0 aromatic heterocycles. The predicted molar refractivity (Wildman–Crippen MR) is 196 cm³/mol. The molecule has 2 heterocycles. The number of rotatable bonds is 18. The highest BCUT2D eigenvalue weighted by molar-refractivity contribution is 8.17. The Balaban J connectivity index is 1.23. The van der Waals surface area contributed by atoms with E-state index >= 15 is 0 Å². The molecule has 48 heavy (non-hydrogen) atoms. The molecule has 2 saturated heterocycles. The van der Waals surface area contributed by atoms with E-state index in [4.69, 9.17) is 29.4 Å². The summed E-state index contributed by atoms with van der Waals surface area (Å²) in [5.41, 5.74) is 8.15. The molecule has 12 heteroatoms. The van der Waals surface area contributed by atoms with Crippen LogP contribution in [0.2, 0.25) is 0 Å². The van der Waals surface area contributed by atoms with Crippen LogP contribution in [0, 0.1) is 0 Å². The number of nitrogen functional groups attached to an aromatic ring is 1. The second-order valence-electron chi connectivity index (χ2n) is 11.5. The van der Waals surface area contributed by atoms with Crippen molar-refractivity contribution in [3.63, 3.8) is 0 Å². The summed E-state index contributed by atoms with van der Waals surface area (Å²) in [6.07, 6.45) is 7.92. The van der Waals surface area contributed by atoms with Crippen LogP contribution in [0.1, 0.15) is 61.9 Å². The van der Waals surface area contributed by atoms with Crippen LogP contribution >= 0.6 is 23.5 Å². The SMILES string of the molecule is CCSC(SCC)[C@@H]1CCCN1C(=O)c1cc(OC)c(OCCCCCOc2ccc(/C=C/C(=O)N3CCOCC3)cc2OC)cc1N. The first-order valence-corrected chi connectivity index (χ1v) is 19.0. The van der Waals surface area contributed by atoms with Gasteiger partial charge < -0.3 is 39.2 Å². The molecule has 0 unspecified atom stereocenters. The number of carbonyl (C=O) groups is 2. The van der Waals surface area contributed by atoms with E-state index in [1.165, 1.54) is 0 Å². The van der Waals surface area contributed by atoms with Gasteiger partial charge in [0.05, 0.1) is 56.8 Å². The molecule has 0 radical (unpaired) electrons. The van der Waals surface area contributed by atoms with E-state index in [9.17, 15) is 9.59 Å². The molecule has 2 amide bonds. The first-order valence-electron chi connectivity index (χ1n) is 16.9. The Morgan fingerprint density at radius 3 is 2.25 bits per heavy atom. The summed E-state index contributed by atoms with van der Waals surface area (Å²) in [5, 5.41) is 0. The van der Waals surface area contributed by atoms with Gasteiger partial charge in [-0.25, -0.2) is 0 Å². The molecule has 0 bridgehead atoms. The number of amides is 2. The van der Waals surface area contributed by atoms with Gasteiger partial charge >= 0.3 is 0 Å². The minimum absolute atomic E-state index is 0.0249. The van der Waals surface area contributed by atoms with Gasteiger partial charge in [-0.2, -0.15) is 0 Å². The van der Waals surface area contributed by atoms with Gasteiger partial charge in [0, 0.05) is 37.5 Å². The maximum absolute atomic E-state index is 13.7. The van der Waals surface area contributed by atoms with Crippen molar-refractivity contribution in [2.24, 2.45) is 0 Å². The zero-order chi connectivity index (χ0) is 34.3. The second-order valence-corrected chi connectivity index (χ2v) is 14.7. The fourth-order valence-corrected chi connectivity index (χ4v) is 8.69. The molecule has 2 aromatic carbocycles. The molecule has 1 atom stereocenters. The Morgan fingerprint density at radius 1 is 0.917 bits per heavy atom. The first-order chi connectivity index (χ1) is 23.4. The Labute approximate surface area is 294 Å². The maximum Gasteiger partial charge on any atom is 0.256 e. The van der Waals surface area contributed by atoms with Crippen molar-refractivity contribution in [3.8, 4) is 23.0 Å². The molecule has 2 aliphatic heterocycles. The van der Waals surface area contributed by atoms with Crippen LogP contribution in [0.4, 0.5) is 5.69 Å². The predicted octanol–water partition coefficient (Wildman–Crippen LogP) is 6.22. The van der Waals surface area contributed by atoms with Crippen LogP contribution in [0.5, 0.6) is 23.0 Å². The third-order valence-electron chi connectivity index (χ3n) is 8.33. The van der Waals surface area contributed by atoms with Gasteiger partial charge in [0.15, 0.2) is 23.0 Å². The molecule has 2 N–H and O–H groups in total. The van der Waals surface area contributed by atoms with Crippen molar-refractivity contribution in [1.29, 1.82) is 0 Å². The van der Waals surface area contributed by atoms with Crippen molar-refractivity contribution < 1.29 is 33.3 Å². The van der Waals surface area contributed by atoms with Crippen LogP contribution in [-0.4, -0.2) is 104 Å². The minimum Gasteiger partial charge on any atom is -0.493 e. The highest BCUT2D eigenvalue weighted by Crippen LogP contribution is 2.38. The molecule has 2 fully saturated rings. The number of morpholine rings is 1. The number of thioether (sulfide) groups is 2. The molecule has 2 aliphatic rings. The van der Waals surface area contributed by atoms with Crippen molar-refractivity contribution in [3.05, 3.63) is 47.5 Å². The zero-order valence-electron chi connectivity index (χ0n) is 28.7. The smallest absolute Gasteiger partial charge is 0.256 e. The average Bonchev–Trinajstić information content (AvgIpc) is 3.60. The zero-order valence-corrected chi connectivity index (χ0v) is 30.4. The number of likely N-dealkylation sites (tertiary alicyclic amines) is 1. The van der Waals surface area contributed by atoms with E-state index in [1.54, 1.807) is 43.4 Å². The summed E-state index contributed by atoms with van der Waals surface area (Å²) in [5.74, 6) is 4.29. The standard InChI is InChI=1S/C36H51N3O7S2/c1-5-47-36(48-6-2)29-11-10-16-39(29)35(41)27-24-32(43-4)33(25-28(27)37)46-20-9-7-8-19-45-30-14-12-26(23-31(30)42-3)13-15-34(40)38-17-21-44-22-18-38/h12-15,23-25,29,36H,5-11,16-22,37H2,1-4H3/b15-13+/t29-/m0/s1. The molecular weight excluding hydrogens is 651 g/mol. The monoisotopic (exact) mass is 701 g/mol. The lowest BCUT2D eigenvalue weighted by molar-refractivity contribution is -0.129. The molecule has 10 nitrogen and oxygen atoms in total. The van der Waals surface area contributed by atoms with Gasteiger partial charge in [-0.3, -0.25) is 9.59 Å². The molecular formula is C36H51N3O7S2. The number of anilines is 1. The van der Waals surface area contributed by atoms with Crippen LogP contribution in [0.25, 0.3) is 6.08 Å². The molecule has 0 spiro atoms. The number of carbonyl (C=O) groups excluding carboxylic acids is 2. The molecule has 4 rings (SSSR count). The Bertz CT molecular complexity index is 1360. The highest BCUT2D eigenvalue weighted by atomic mass is 32.2. The fourth-order valence-electron chi connectivity index (χ4n) is 5.82. The summed E-state index contributed by atoms with van der Waals surface area (Å²) in [6.45, 7) is 8.46. The van der Waals surface area contributed by atoms with E-state index in [1.807, 2.05) is 46.6 Å². The van der Waals surface area contributed by atoms with Gasteiger partial charge in [-0.1, -0.05) is 19.9 Å². The van der Waals surface area contributed by atoms with Gasteiger partial charge in [-0.15, -0.1) is 23.5 Å². The van der Waals surface area contributed by atoms with E-state index in [0.29, 0.717) is 78.3 Å². The van der Waals surface area contributed by atoms with Crippen molar-refractivity contribution in [1.82, 2.24) is 9.80 Å². The highest BCUT2D eigenvalue weighted by Gasteiger charge is 2.36. The van der Waals surface area contributed by atoms with Crippen molar-refractivity contribution in [2.75, 3.05) is 77.5 Å². The van der Waals surface area contributed by atoms with E-state index in [0.717, 1.165) is 55.7 Å². The van der Waals surface area contributed by atoms with Crippen LogP contribution in [0.3, 0.4) is 0 Å². The summed E-state index contributed by atoms with van der Waals surface area (Å²) in [6, 6.07) is 9.26. The first kappa shape index (κ1) is 37.6. The third kappa shape index (κ3) is 10.4. The Morgan fingerprint density at radius 2 is 1.58 bits per heavy atom. The second kappa shape index (κ2) is 19.7. The quantitative estimate of drug-likeness (QED) is 0.0832. The van der Waals surface area contributed by atoms with Gasteiger partial charge in [-0.05, 0) is 73.4 Å². The normalized spacial score (nSPS) is 16.5. The third-order valence-corrected chi connectivity index (χ3v) is 11.1. The number of nitrogens with zero attached hydrogens (tertiary/aromatic N) is 2. The summed E-state index contributed by atoms with van der Waals surface area (Å²) in [4.78, 5) is 29.9. The summed E-state index contributed by atoms with van der Waals surface area (Å²) >= 11 is 3.83. The van der Waals surface area contributed by atoms with Gasteiger partial charge in [0.2, 0.25) is 5.91 Å². The number of hydrogen-bond donors (Lipinski definition) is 1. The number of methoxy groups -OCH3 is 2. The van der Waals surface area contributed by atoms with Crippen LogP contribution in [0.15, 0.2) is 36.4 Å². The van der Waals surface area contributed by atoms with Crippen LogP contribution in [-0.2, 0) is 9.53 Å². The number of unbranched alkanes of at least 4 members (excludes halogenated alkanes) is 2. The van der Waals surface area contributed by atoms with Crippen LogP contribution < -0.4 is 24.7 Å².